The van der Waals surface area contributed by atoms with E-state index in [4.69, 9.17) is 37.7 Å². The minimum absolute atomic E-state index is 0.496. The highest BCUT2D eigenvalue weighted by Gasteiger charge is 2.16. The number of halogens is 2. The maximum absolute atomic E-state index is 12.0. The Morgan fingerprint density at radius 2 is 1.48 bits per heavy atom. The summed E-state index contributed by atoms with van der Waals surface area (Å²) in [6.07, 6.45) is 5.57. The fourth-order valence-electron chi connectivity index (χ4n) is 4.48. The van der Waals surface area contributed by atoms with Crippen LogP contribution in [0, 0.1) is 0 Å². The summed E-state index contributed by atoms with van der Waals surface area (Å²) >= 11 is 12.5. The molecule has 1 heterocycles. The van der Waals surface area contributed by atoms with Crippen molar-refractivity contribution in [3.05, 3.63) is 119 Å². The molecule has 0 saturated heterocycles. The lowest BCUT2D eigenvalue weighted by Crippen LogP contribution is -2.27. The quantitative estimate of drug-likeness (QED) is 0.186. The summed E-state index contributed by atoms with van der Waals surface area (Å²) in [4.78, 5) is 16.8. The molecule has 4 aromatic carbocycles. The maximum atomic E-state index is 12.0. The number of aryl methyl sites for hydroxylation is 1. The second-order valence-corrected chi connectivity index (χ2v) is 12.0. The number of hydrogen-bond acceptors (Lipinski definition) is 4. The van der Waals surface area contributed by atoms with Gasteiger partial charge in [0.15, 0.2) is 0 Å². The fourth-order valence-corrected chi connectivity index (χ4v) is 4.99. The van der Waals surface area contributed by atoms with Gasteiger partial charge in [-0.25, -0.2) is 9.78 Å². The number of carbonyl (C=O) groups excluding carboxylic acids is 1. The topological polar surface area (TPSA) is 65.4 Å². The molecule has 0 aliphatic carbocycles. The van der Waals surface area contributed by atoms with E-state index < -0.39 is 11.7 Å². The van der Waals surface area contributed by atoms with Crippen LogP contribution in [0.25, 0.3) is 34.5 Å². The van der Waals surface area contributed by atoms with Crippen LogP contribution in [0.5, 0.6) is 11.5 Å². The lowest BCUT2D eigenvalue weighted by Gasteiger charge is -2.19. The van der Waals surface area contributed by atoms with Crippen molar-refractivity contribution in [1.29, 1.82) is 0 Å². The number of ether oxygens (including phenoxy) is 2. The number of amides is 1. The number of benzene rings is 4. The van der Waals surface area contributed by atoms with Crippen LogP contribution in [-0.4, -0.2) is 21.2 Å². The van der Waals surface area contributed by atoms with Crippen molar-refractivity contribution in [2.24, 2.45) is 0 Å². The third kappa shape index (κ3) is 8.10. The number of anilines is 1. The number of imidazole rings is 1. The number of aromatic nitrogens is 2. The average Bonchev–Trinajstić information content (AvgIpc) is 3.40. The van der Waals surface area contributed by atoms with Crippen LogP contribution in [0.2, 0.25) is 10.0 Å². The molecular formula is C36H33Cl2N3O3. The number of carbonyl (C=O) groups is 1. The Morgan fingerprint density at radius 1 is 0.864 bits per heavy atom. The average molecular weight is 627 g/mol. The second-order valence-electron chi connectivity index (χ2n) is 11.1. The van der Waals surface area contributed by atoms with E-state index >= 15 is 0 Å². The Bertz CT molecular complexity index is 1770. The van der Waals surface area contributed by atoms with Gasteiger partial charge in [0.05, 0.1) is 10.7 Å². The third-order valence-corrected chi connectivity index (χ3v) is 7.16. The molecule has 0 saturated carbocycles. The molecule has 5 aromatic rings. The van der Waals surface area contributed by atoms with E-state index in [9.17, 15) is 4.79 Å². The first kappa shape index (κ1) is 30.9. The van der Waals surface area contributed by atoms with E-state index in [0.29, 0.717) is 27.2 Å². The van der Waals surface area contributed by atoms with Crippen molar-refractivity contribution in [1.82, 2.24) is 9.55 Å². The predicted molar refractivity (Wildman–Crippen MR) is 181 cm³/mol. The molecule has 1 aromatic heterocycles. The van der Waals surface area contributed by atoms with Gasteiger partial charge in [0.25, 0.3) is 0 Å². The van der Waals surface area contributed by atoms with Gasteiger partial charge in [-0.3, -0.25) is 5.32 Å². The smallest absolute Gasteiger partial charge is 0.412 e. The molecule has 0 unspecified atom stereocenters. The lowest BCUT2D eigenvalue weighted by atomic mass is 10.0. The second kappa shape index (κ2) is 13.4. The summed E-state index contributed by atoms with van der Waals surface area (Å²) in [5, 5.41) is 3.89. The van der Waals surface area contributed by atoms with Crippen LogP contribution < -0.4 is 10.1 Å². The number of nitrogens with one attached hydrogen (secondary N) is 1. The Labute approximate surface area is 267 Å². The van der Waals surface area contributed by atoms with Crippen LogP contribution in [0.15, 0.2) is 97.2 Å². The van der Waals surface area contributed by atoms with Crippen LogP contribution >= 0.6 is 23.2 Å². The van der Waals surface area contributed by atoms with Gasteiger partial charge in [-0.2, -0.15) is 0 Å². The van der Waals surface area contributed by atoms with Crippen molar-refractivity contribution in [3.63, 3.8) is 0 Å². The molecule has 0 radical (unpaired) electrons. The van der Waals surface area contributed by atoms with Crippen LogP contribution in [0.3, 0.4) is 0 Å². The molecule has 1 amide bonds. The van der Waals surface area contributed by atoms with Crippen molar-refractivity contribution in [3.8, 4) is 33.9 Å². The molecule has 5 rings (SSSR count). The Morgan fingerprint density at radius 3 is 2.07 bits per heavy atom. The first-order chi connectivity index (χ1) is 21.1. The van der Waals surface area contributed by atoms with Crippen molar-refractivity contribution in [2.45, 2.75) is 39.8 Å². The molecule has 0 bridgehead atoms. The normalized spacial score (nSPS) is 11.5. The van der Waals surface area contributed by atoms with E-state index in [2.05, 4.69) is 47.1 Å². The first-order valence-electron chi connectivity index (χ1n) is 14.3. The van der Waals surface area contributed by atoms with Gasteiger partial charge in [-0.15, -0.1) is 0 Å². The first-order valence-corrected chi connectivity index (χ1v) is 15.0. The fraction of sp³-hybridized carbons (Fsp3) is 0.167. The van der Waals surface area contributed by atoms with E-state index in [-0.39, 0.29) is 0 Å². The highest BCUT2D eigenvalue weighted by Crippen LogP contribution is 2.31. The third-order valence-electron chi connectivity index (χ3n) is 6.61. The molecule has 224 valence electrons. The standard InChI is InChI=1S/C36H33Cl2N3O3/c1-5-41-23-33(31-20-13-27(37)22-32(31)38)40-34(41)21-8-24-6-9-25(10-7-24)26-11-16-29(17-12-26)43-30-18-14-28(15-19-30)39-35(42)44-36(2,3)4/h6-23H,5H2,1-4H3,(H,39,42)/b21-8+. The van der Waals surface area contributed by atoms with Gasteiger partial charge in [0, 0.05) is 29.0 Å². The summed E-state index contributed by atoms with van der Waals surface area (Å²) in [6.45, 7) is 8.34. The Balaban J connectivity index is 1.20. The lowest BCUT2D eigenvalue weighted by molar-refractivity contribution is 0.0636. The summed E-state index contributed by atoms with van der Waals surface area (Å²) < 4.78 is 13.4. The molecule has 0 spiro atoms. The van der Waals surface area contributed by atoms with Gasteiger partial charge < -0.3 is 14.0 Å². The van der Waals surface area contributed by atoms with Gasteiger partial charge in [0.2, 0.25) is 0 Å². The van der Waals surface area contributed by atoms with Crippen molar-refractivity contribution >= 4 is 47.1 Å². The van der Waals surface area contributed by atoms with E-state index in [1.807, 2.05) is 69.4 Å². The molecule has 6 nitrogen and oxygen atoms in total. The van der Waals surface area contributed by atoms with Gasteiger partial charge in [0.1, 0.15) is 22.9 Å². The molecular weight excluding hydrogens is 593 g/mol. The van der Waals surface area contributed by atoms with Gasteiger partial charge in [-0.1, -0.05) is 65.7 Å². The largest absolute Gasteiger partial charge is 0.457 e. The molecule has 1 N–H and O–H groups in total. The Kier molecular flexibility index (Phi) is 9.43. The molecule has 8 heteroatoms. The summed E-state index contributed by atoms with van der Waals surface area (Å²) in [7, 11) is 0. The molecule has 0 atom stereocenters. The molecule has 0 aliphatic rings. The number of rotatable bonds is 8. The summed E-state index contributed by atoms with van der Waals surface area (Å²) in [6, 6.07) is 28.9. The van der Waals surface area contributed by atoms with Crippen LogP contribution in [0.4, 0.5) is 10.5 Å². The van der Waals surface area contributed by atoms with Crippen molar-refractivity contribution in [2.75, 3.05) is 5.32 Å². The number of hydrogen-bond donors (Lipinski definition) is 1. The highest BCUT2D eigenvalue weighted by atomic mass is 35.5. The zero-order chi connectivity index (χ0) is 31.3. The summed E-state index contributed by atoms with van der Waals surface area (Å²) in [5.41, 5.74) is 4.97. The highest BCUT2D eigenvalue weighted by molar-refractivity contribution is 6.36. The van der Waals surface area contributed by atoms with E-state index in [0.717, 1.165) is 40.3 Å². The SMILES string of the molecule is CCn1cc(-c2ccc(Cl)cc2Cl)nc1/C=C/c1ccc(-c2ccc(Oc3ccc(NC(=O)OC(C)(C)C)cc3)cc2)cc1. The van der Waals surface area contributed by atoms with Crippen molar-refractivity contribution < 1.29 is 14.3 Å². The molecule has 0 aliphatic heterocycles. The zero-order valence-corrected chi connectivity index (χ0v) is 26.5. The van der Waals surface area contributed by atoms with Gasteiger partial charge >= 0.3 is 6.09 Å². The monoisotopic (exact) mass is 625 g/mol. The van der Waals surface area contributed by atoms with Gasteiger partial charge in [-0.05, 0) is 105 Å². The maximum Gasteiger partial charge on any atom is 0.412 e. The van der Waals surface area contributed by atoms with E-state index in [1.54, 1.807) is 30.3 Å². The molecule has 0 fully saturated rings. The molecule has 44 heavy (non-hydrogen) atoms. The number of nitrogens with zero attached hydrogens (tertiary/aromatic N) is 2. The van der Waals surface area contributed by atoms with Crippen LogP contribution in [-0.2, 0) is 11.3 Å². The predicted octanol–water partition coefficient (Wildman–Crippen LogP) is 10.9. The zero-order valence-electron chi connectivity index (χ0n) is 25.0. The van der Waals surface area contributed by atoms with Crippen LogP contribution in [0.1, 0.15) is 39.1 Å². The van der Waals surface area contributed by atoms with E-state index in [1.165, 1.54) is 0 Å². The summed E-state index contributed by atoms with van der Waals surface area (Å²) in [5.74, 6) is 2.23. The minimum Gasteiger partial charge on any atom is -0.457 e. The Hall–Kier alpha value is -4.52. The minimum atomic E-state index is -0.557.